The minimum atomic E-state index is -1.62. The van der Waals surface area contributed by atoms with Crippen molar-refractivity contribution in [2.75, 3.05) is 53.0 Å². The molecule has 19 heteroatoms. The molecule has 17 nitrogen and oxygen atoms in total. The van der Waals surface area contributed by atoms with E-state index in [0.29, 0.717) is 82.3 Å². The Balaban J connectivity index is 0.000000168. The summed E-state index contributed by atoms with van der Waals surface area (Å²) in [7, 11) is 6.34. The standard InChI is InChI=1S/C31H28FNO5.C17H16N2O3.C12H13NO4.C6H6FN/c1-36-27-18-24-25(19-28(27)37-2)33-15-12-26(24)38-23-10-6-21(7-11-23)17-30(35)31(13-3-14-31)29(34)16-20-4-8-22(32)9-5-20;1-20-16-9-13-14(10-17(16)21-2)19-8-7-15(13)22-12-5-3-11(18)4-6-12;14-10(15)12(11(16)17)7-13(8-12)6-9-4-2-1-3-5-9;7-5-1-3-6(8)4-2-5/h4-12,15,18-19H,3,13-14,16-17H2,1-2H3;3-10H,18H2,1-2H3;1-5H,6-8H2,(H,14,15)(H,16,17);1-4H,8H2. The highest BCUT2D eigenvalue weighted by atomic mass is 19.1. The van der Waals surface area contributed by atoms with Crippen molar-refractivity contribution in [1.29, 1.82) is 0 Å². The zero-order valence-electron chi connectivity index (χ0n) is 47.1. The summed E-state index contributed by atoms with van der Waals surface area (Å²) in [5.41, 5.74) is 13.7. The van der Waals surface area contributed by atoms with Crippen LogP contribution < -0.4 is 39.9 Å². The molecule has 3 heterocycles. The van der Waals surface area contributed by atoms with Crippen LogP contribution in [-0.4, -0.2) is 90.1 Å². The van der Waals surface area contributed by atoms with Gasteiger partial charge in [-0.1, -0.05) is 61.0 Å². The SMILES string of the molecule is COc1cc2nccc(Oc3ccc(CC(=O)C4(C(=O)Cc5ccc(F)cc5)CCC4)cc3)c2cc1OC.COc1cc2nccc(Oc3ccc(N)cc3)c2cc1OC.Nc1ccc(F)cc1.O=C(O)C1(C(=O)O)CN(Cc2ccccc2)C1. The van der Waals surface area contributed by atoms with Crippen LogP contribution in [0.3, 0.4) is 0 Å². The summed E-state index contributed by atoms with van der Waals surface area (Å²) in [6, 6.07) is 46.6. The van der Waals surface area contributed by atoms with Crippen molar-refractivity contribution in [1.82, 2.24) is 14.9 Å². The highest BCUT2D eigenvalue weighted by Gasteiger charge is 2.56. The number of aliphatic carboxylic acids is 2. The molecule has 1 saturated carbocycles. The molecule has 0 spiro atoms. The predicted octanol–water partition coefficient (Wildman–Crippen LogP) is 12.0. The summed E-state index contributed by atoms with van der Waals surface area (Å²) in [5, 5.41) is 19.5. The summed E-state index contributed by atoms with van der Waals surface area (Å²) in [4.78, 5) is 58.9. The number of rotatable bonds is 18. The smallest absolute Gasteiger partial charge is 0.323 e. The Morgan fingerprint density at radius 2 is 0.882 bits per heavy atom. The zero-order chi connectivity index (χ0) is 60.7. The fourth-order valence-electron chi connectivity index (χ4n) is 9.59. The van der Waals surface area contributed by atoms with Crippen molar-refractivity contribution in [3.05, 3.63) is 205 Å². The van der Waals surface area contributed by atoms with Gasteiger partial charge in [-0.15, -0.1) is 0 Å². The molecule has 6 N–H and O–H groups in total. The summed E-state index contributed by atoms with van der Waals surface area (Å²) >= 11 is 0. The Morgan fingerprint density at radius 1 is 0.494 bits per heavy atom. The van der Waals surface area contributed by atoms with E-state index in [1.165, 1.54) is 36.4 Å². The molecule has 1 saturated heterocycles. The molecule has 0 bridgehead atoms. The number of likely N-dealkylation sites (tertiary alicyclic amines) is 1. The lowest BCUT2D eigenvalue weighted by Gasteiger charge is -2.44. The normalized spacial score (nSPS) is 13.5. The van der Waals surface area contributed by atoms with Gasteiger partial charge in [-0.05, 0) is 127 Å². The average molecular weight is 1160 g/mol. The Bertz CT molecular complexity index is 3730. The van der Waals surface area contributed by atoms with Gasteiger partial charge in [0, 0.05) is 79.1 Å². The lowest BCUT2D eigenvalue weighted by atomic mass is 9.61. The van der Waals surface area contributed by atoms with E-state index < -0.39 is 22.8 Å². The lowest BCUT2D eigenvalue weighted by molar-refractivity contribution is -0.178. The fraction of sp³-hybridized carbons (Fsp3) is 0.212. The van der Waals surface area contributed by atoms with Gasteiger partial charge in [-0.3, -0.25) is 34.0 Å². The van der Waals surface area contributed by atoms with Crippen LogP contribution in [0.1, 0.15) is 36.0 Å². The molecule has 2 aromatic heterocycles. The highest BCUT2D eigenvalue weighted by molar-refractivity contribution is 6.09. The summed E-state index contributed by atoms with van der Waals surface area (Å²) in [6.07, 6.45) is 5.65. The molecule has 0 radical (unpaired) electrons. The maximum absolute atomic E-state index is 13.3. The number of hydrogen-bond donors (Lipinski definition) is 4. The van der Waals surface area contributed by atoms with Gasteiger partial charge in [0.2, 0.25) is 0 Å². The molecule has 1 aliphatic heterocycles. The number of pyridine rings is 2. The van der Waals surface area contributed by atoms with Crippen molar-refractivity contribution in [3.8, 4) is 46.0 Å². The molecular formula is C66H63F2N5O12. The highest BCUT2D eigenvalue weighted by Crippen LogP contribution is 2.45. The molecule has 0 unspecified atom stereocenters. The van der Waals surface area contributed by atoms with Crippen LogP contribution in [0.2, 0.25) is 0 Å². The van der Waals surface area contributed by atoms with Gasteiger partial charge in [-0.2, -0.15) is 0 Å². The number of anilines is 2. The third-order valence-electron chi connectivity index (χ3n) is 14.5. The quantitative estimate of drug-likeness (QED) is 0.0461. The van der Waals surface area contributed by atoms with Gasteiger partial charge < -0.3 is 50.1 Å². The molecule has 9 aromatic rings. The van der Waals surface area contributed by atoms with E-state index >= 15 is 0 Å². The van der Waals surface area contributed by atoms with Gasteiger partial charge in [0.15, 0.2) is 40.0 Å². The molecular weight excluding hydrogens is 1090 g/mol. The van der Waals surface area contributed by atoms with Crippen molar-refractivity contribution in [2.24, 2.45) is 10.8 Å². The fourth-order valence-corrected chi connectivity index (χ4v) is 9.59. The van der Waals surface area contributed by atoms with E-state index in [1.54, 1.807) is 77.2 Å². The third kappa shape index (κ3) is 14.9. The Kier molecular flexibility index (Phi) is 19.9. The van der Waals surface area contributed by atoms with Gasteiger partial charge in [0.25, 0.3) is 0 Å². The summed E-state index contributed by atoms with van der Waals surface area (Å²) in [6.45, 7) is 0.711. The van der Waals surface area contributed by atoms with E-state index in [9.17, 15) is 28.0 Å². The monoisotopic (exact) mass is 1160 g/mol. The first-order valence-electron chi connectivity index (χ1n) is 26.8. The van der Waals surface area contributed by atoms with Crippen molar-refractivity contribution < 1.29 is 66.6 Å². The van der Waals surface area contributed by atoms with Crippen molar-refractivity contribution >= 4 is 56.7 Å². The van der Waals surface area contributed by atoms with E-state index in [4.69, 9.17) is 50.1 Å². The predicted molar refractivity (Wildman–Crippen MR) is 317 cm³/mol. The van der Waals surface area contributed by atoms with Gasteiger partial charge >= 0.3 is 11.9 Å². The topological polar surface area (TPSA) is 245 Å². The van der Waals surface area contributed by atoms with Gasteiger partial charge in [-0.25, -0.2) is 8.78 Å². The molecule has 1 aliphatic carbocycles. The molecule has 2 aliphatic rings. The zero-order valence-corrected chi connectivity index (χ0v) is 47.1. The minimum absolute atomic E-state index is 0.0621. The molecule has 7 aromatic carbocycles. The first kappa shape index (κ1) is 60.9. The number of benzene rings is 7. The van der Waals surface area contributed by atoms with E-state index in [0.717, 1.165) is 39.4 Å². The average Bonchev–Trinajstić information content (AvgIpc) is 2.75. The minimum Gasteiger partial charge on any atom is -0.493 e. The maximum atomic E-state index is 13.3. The number of aromatic nitrogens is 2. The molecule has 2 fully saturated rings. The van der Waals surface area contributed by atoms with Crippen LogP contribution in [0.25, 0.3) is 21.8 Å². The number of fused-ring (bicyclic) bond motifs is 2. The first-order chi connectivity index (χ1) is 41.0. The molecule has 0 amide bonds. The number of halogens is 2. The number of ether oxygens (including phenoxy) is 6. The number of methoxy groups -OCH3 is 4. The number of nitrogen functional groups attached to an aromatic ring is 2. The second kappa shape index (κ2) is 27.8. The van der Waals surface area contributed by atoms with Crippen LogP contribution in [0.5, 0.6) is 46.0 Å². The second-order valence-corrected chi connectivity index (χ2v) is 20.1. The van der Waals surface area contributed by atoms with Crippen LogP contribution in [0.4, 0.5) is 20.2 Å². The number of nitrogens with zero attached hydrogens (tertiary/aromatic N) is 3. The number of Topliss-reactive ketones (excluding diaryl/α,β-unsaturated/α-hetero) is 2. The van der Waals surface area contributed by atoms with Crippen LogP contribution in [0.15, 0.2) is 176 Å². The van der Waals surface area contributed by atoms with Crippen molar-refractivity contribution in [3.63, 3.8) is 0 Å². The molecule has 11 rings (SSSR count). The number of carboxylic acid groups (broad SMARTS) is 2. The molecule has 438 valence electrons. The van der Waals surface area contributed by atoms with Crippen LogP contribution in [-0.2, 0) is 38.6 Å². The van der Waals surface area contributed by atoms with Crippen LogP contribution in [0, 0.1) is 22.5 Å². The summed E-state index contributed by atoms with van der Waals surface area (Å²) < 4.78 is 58.7. The molecule has 0 atom stereocenters. The largest absolute Gasteiger partial charge is 0.493 e. The van der Waals surface area contributed by atoms with E-state index in [-0.39, 0.29) is 49.1 Å². The lowest BCUT2D eigenvalue weighted by Crippen LogP contribution is -2.63. The Labute approximate surface area is 489 Å². The third-order valence-corrected chi connectivity index (χ3v) is 14.5. The number of hydrogen-bond acceptors (Lipinski definition) is 15. The van der Waals surface area contributed by atoms with Crippen molar-refractivity contribution in [2.45, 2.75) is 38.6 Å². The number of ketones is 2. The second-order valence-electron chi connectivity index (χ2n) is 20.1. The first-order valence-corrected chi connectivity index (χ1v) is 26.8. The van der Waals surface area contributed by atoms with Crippen LogP contribution >= 0.6 is 0 Å². The number of carboxylic acids is 2. The number of carbonyl (C=O) groups is 4. The Morgan fingerprint density at radius 3 is 1.27 bits per heavy atom. The van der Waals surface area contributed by atoms with Gasteiger partial charge in [0.05, 0.1) is 44.9 Å². The van der Waals surface area contributed by atoms with Gasteiger partial charge in [0.1, 0.15) is 34.6 Å². The van der Waals surface area contributed by atoms with E-state index in [1.807, 2.05) is 95.9 Å². The molecule has 85 heavy (non-hydrogen) atoms. The number of carbonyl (C=O) groups excluding carboxylic acids is 2. The van der Waals surface area contributed by atoms with E-state index in [2.05, 4.69) is 9.97 Å². The Hall–Kier alpha value is -10.1. The summed E-state index contributed by atoms with van der Waals surface area (Å²) in [5.74, 6) is 1.77. The number of nitrogens with two attached hydrogens (primary N) is 2. The maximum Gasteiger partial charge on any atom is 0.323 e.